The molecule has 1 aliphatic rings. The molecular formula is C19H25N7O. The van der Waals surface area contributed by atoms with Gasteiger partial charge in [-0.3, -0.25) is 14.4 Å². The van der Waals surface area contributed by atoms with Crippen LogP contribution in [0.1, 0.15) is 42.1 Å². The minimum Gasteiger partial charge on any atom is -0.345 e. The molecule has 0 radical (unpaired) electrons. The van der Waals surface area contributed by atoms with Gasteiger partial charge in [-0.25, -0.2) is 9.50 Å². The Morgan fingerprint density at radius 3 is 2.96 bits per heavy atom. The van der Waals surface area contributed by atoms with Gasteiger partial charge in [0.05, 0.1) is 17.9 Å². The number of carbonyl (C=O) groups excluding carboxylic acids is 1. The molecule has 0 aromatic carbocycles. The average Bonchev–Trinajstić information content (AvgIpc) is 3.19. The molecule has 4 heterocycles. The molecule has 0 bridgehead atoms. The van der Waals surface area contributed by atoms with Crippen LogP contribution in [-0.4, -0.2) is 48.3 Å². The molecule has 0 saturated carbocycles. The molecule has 3 aromatic rings. The highest BCUT2D eigenvalue weighted by molar-refractivity contribution is 5.93. The first-order chi connectivity index (χ1) is 13.1. The third-order valence-electron chi connectivity index (χ3n) is 4.67. The van der Waals surface area contributed by atoms with E-state index in [0.29, 0.717) is 23.8 Å². The van der Waals surface area contributed by atoms with Gasteiger partial charge in [-0.05, 0) is 24.5 Å². The van der Waals surface area contributed by atoms with Crippen LogP contribution in [0.25, 0.3) is 5.65 Å². The van der Waals surface area contributed by atoms with Crippen molar-refractivity contribution in [3.8, 4) is 0 Å². The third-order valence-corrected chi connectivity index (χ3v) is 4.67. The second-order valence-electron chi connectivity index (χ2n) is 7.47. The Bertz CT molecular complexity index is 910. The summed E-state index contributed by atoms with van der Waals surface area (Å²) in [6.45, 7) is 8.93. The molecule has 0 saturated heterocycles. The Morgan fingerprint density at radius 1 is 1.26 bits per heavy atom. The monoisotopic (exact) mass is 367 g/mol. The molecular weight excluding hydrogens is 342 g/mol. The van der Waals surface area contributed by atoms with Crippen LogP contribution in [-0.2, 0) is 19.6 Å². The summed E-state index contributed by atoms with van der Waals surface area (Å²) in [6, 6.07) is 5.56. The van der Waals surface area contributed by atoms with E-state index in [1.54, 1.807) is 29.0 Å². The van der Waals surface area contributed by atoms with Crippen molar-refractivity contribution in [1.82, 2.24) is 34.6 Å². The maximum Gasteiger partial charge on any atom is 0.272 e. The first kappa shape index (κ1) is 17.7. The van der Waals surface area contributed by atoms with Crippen LogP contribution in [0.5, 0.6) is 0 Å². The summed E-state index contributed by atoms with van der Waals surface area (Å²) < 4.78 is 3.67. The van der Waals surface area contributed by atoms with E-state index < -0.39 is 0 Å². The molecule has 0 aliphatic carbocycles. The van der Waals surface area contributed by atoms with Gasteiger partial charge in [0, 0.05) is 44.6 Å². The van der Waals surface area contributed by atoms with Crippen LogP contribution >= 0.6 is 0 Å². The Morgan fingerprint density at radius 2 is 2.15 bits per heavy atom. The fourth-order valence-corrected chi connectivity index (χ4v) is 3.55. The SMILES string of the molecule is CC(C)CN1CCCn2nc(CNC(=O)c3cc4ncccn4n3)cc2C1. The molecule has 0 unspecified atom stereocenters. The largest absolute Gasteiger partial charge is 0.345 e. The lowest BCUT2D eigenvalue weighted by Gasteiger charge is -2.21. The maximum atomic E-state index is 12.4. The van der Waals surface area contributed by atoms with Crippen LogP contribution in [0.4, 0.5) is 0 Å². The van der Waals surface area contributed by atoms with Gasteiger partial charge in [0.15, 0.2) is 11.3 Å². The zero-order valence-corrected chi connectivity index (χ0v) is 15.8. The number of aryl methyl sites for hydroxylation is 1. The average molecular weight is 367 g/mol. The Kier molecular flexibility index (Phi) is 4.89. The van der Waals surface area contributed by atoms with Gasteiger partial charge in [-0.2, -0.15) is 10.2 Å². The third kappa shape index (κ3) is 4.00. The summed E-state index contributed by atoms with van der Waals surface area (Å²) in [6.07, 6.45) is 4.55. The Hall–Kier alpha value is -2.74. The van der Waals surface area contributed by atoms with Gasteiger partial charge in [0.2, 0.25) is 0 Å². The highest BCUT2D eigenvalue weighted by atomic mass is 16.1. The van der Waals surface area contributed by atoms with Crippen molar-refractivity contribution in [2.75, 3.05) is 13.1 Å². The van der Waals surface area contributed by atoms with Gasteiger partial charge in [-0.1, -0.05) is 13.8 Å². The van der Waals surface area contributed by atoms with E-state index in [4.69, 9.17) is 0 Å². The normalized spacial score (nSPS) is 15.1. The zero-order valence-electron chi connectivity index (χ0n) is 15.8. The van der Waals surface area contributed by atoms with Gasteiger partial charge in [0.25, 0.3) is 5.91 Å². The highest BCUT2D eigenvalue weighted by Gasteiger charge is 2.18. The Balaban J connectivity index is 1.41. The minimum absolute atomic E-state index is 0.217. The molecule has 1 aliphatic heterocycles. The lowest BCUT2D eigenvalue weighted by molar-refractivity contribution is 0.0945. The van der Waals surface area contributed by atoms with E-state index in [-0.39, 0.29) is 5.91 Å². The fraction of sp³-hybridized carbons (Fsp3) is 0.474. The predicted octanol–water partition coefficient (Wildman–Crippen LogP) is 1.72. The second-order valence-corrected chi connectivity index (χ2v) is 7.47. The van der Waals surface area contributed by atoms with Gasteiger partial charge in [0.1, 0.15) is 0 Å². The predicted molar refractivity (Wildman–Crippen MR) is 101 cm³/mol. The molecule has 142 valence electrons. The van der Waals surface area contributed by atoms with Crippen molar-refractivity contribution >= 4 is 11.6 Å². The molecule has 4 rings (SSSR count). The number of nitrogens with zero attached hydrogens (tertiary/aromatic N) is 6. The summed E-state index contributed by atoms with van der Waals surface area (Å²) >= 11 is 0. The highest BCUT2D eigenvalue weighted by Crippen LogP contribution is 2.15. The number of hydrogen-bond acceptors (Lipinski definition) is 5. The van der Waals surface area contributed by atoms with Gasteiger partial charge in [-0.15, -0.1) is 0 Å². The molecule has 3 aromatic heterocycles. The summed E-state index contributed by atoms with van der Waals surface area (Å²) in [5.74, 6) is 0.434. The van der Waals surface area contributed by atoms with E-state index in [1.807, 2.05) is 0 Å². The maximum absolute atomic E-state index is 12.4. The van der Waals surface area contributed by atoms with E-state index in [9.17, 15) is 4.79 Å². The van der Waals surface area contributed by atoms with Crippen molar-refractivity contribution in [3.05, 3.63) is 47.7 Å². The molecule has 0 fully saturated rings. The van der Waals surface area contributed by atoms with Crippen LogP contribution in [0.2, 0.25) is 0 Å². The molecule has 8 heteroatoms. The Labute approximate surface area is 158 Å². The van der Waals surface area contributed by atoms with E-state index in [2.05, 4.69) is 50.0 Å². The van der Waals surface area contributed by atoms with Gasteiger partial charge >= 0.3 is 0 Å². The second kappa shape index (κ2) is 7.48. The molecule has 27 heavy (non-hydrogen) atoms. The molecule has 0 atom stereocenters. The molecule has 1 N–H and O–H groups in total. The van der Waals surface area contributed by atoms with Crippen molar-refractivity contribution in [3.63, 3.8) is 0 Å². The van der Waals surface area contributed by atoms with Crippen molar-refractivity contribution in [2.45, 2.75) is 39.9 Å². The minimum atomic E-state index is -0.217. The fourth-order valence-electron chi connectivity index (χ4n) is 3.55. The van der Waals surface area contributed by atoms with Gasteiger partial charge < -0.3 is 5.32 Å². The van der Waals surface area contributed by atoms with Crippen LogP contribution < -0.4 is 5.32 Å². The van der Waals surface area contributed by atoms with E-state index in [0.717, 1.165) is 38.3 Å². The number of aromatic nitrogens is 5. The smallest absolute Gasteiger partial charge is 0.272 e. The lowest BCUT2D eigenvalue weighted by Crippen LogP contribution is -2.27. The van der Waals surface area contributed by atoms with Crippen molar-refractivity contribution in [1.29, 1.82) is 0 Å². The van der Waals surface area contributed by atoms with Crippen LogP contribution in [0, 0.1) is 5.92 Å². The van der Waals surface area contributed by atoms with E-state index in [1.165, 1.54) is 5.69 Å². The topological polar surface area (TPSA) is 80.4 Å². The molecule has 0 spiro atoms. The van der Waals surface area contributed by atoms with Crippen LogP contribution in [0.15, 0.2) is 30.6 Å². The summed E-state index contributed by atoms with van der Waals surface area (Å²) in [7, 11) is 0. The quantitative estimate of drug-likeness (QED) is 0.743. The number of rotatable bonds is 5. The number of amides is 1. The summed E-state index contributed by atoms with van der Waals surface area (Å²) in [5.41, 5.74) is 3.11. The first-order valence-electron chi connectivity index (χ1n) is 9.45. The van der Waals surface area contributed by atoms with E-state index >= 15 is 0 Å². The molecule has 1 amide bonds. The van der Waals surface area contributed by atoms with Crippen molar-refractivity contribution in [2.24, 2.45) is 5.92 Å². The lowest BCUT2D eigenvalue weighted by atomic mass is 10.2. The number of nitrogens with one attached hydrogen (secondary N) is 1. The molecule has 8 nitrogen and oxygen atoms in total. The standard InChI is InChI=1S/C19H25N7O/c1-14(2)12-24-6-4-8-25-16(13-24)9-15(22-25)11-21-19(27)17-10-18-20-5-3-7-26(18)23-17/h3,5,7,9-10,14H,4,6,8,11-13H2,1-2H3,(H,21,27). The number of carbonyl (C=O) groups is 1. The summed E-state index contributed by atoms with van der Waals surface area (Å²) in [5, 5.41) is 11.8. The van der Waals surface area contributed by atoms with Crippen LogP contribution in [0.3, 0.4) is 0 Å². The summed E-state index contributed by atoms with van der Waals surface area (Å²) in [4.78, 5) is 19.1. The van der Waals surface area contributed by atoms with Crippen molar-refractivity contribution < 1.29 is 4.79 Å². The zero-order chi connectivity index (χ0) is 18.8. The number of hydrogen-bond donors (Lipinski definition) is 1. The number of fused-ring (bicyclic) bond motifs is 2. The first-order valence-corrected chi connectivity index (χ1v) is 9.45.